The van der Waals surface area contributed by atoms with Gasteiger partial charge in [0.15, 0.2) is 11.6 Å². The summed E-state index contributed by atoms with van der Waals surface area (Å²) in [6.45, 7) is 0. The molecule has 0 heterocycles. The lowest BCUT2D eigenvalue weighted by Gasteiger charge is -2.06. The van der Waals surface area contributed by atoms with Crippen LogP contribution in [0.5, 0.6) is 0 Å². The maximum absolute atomic E-state index is 13.6. The van der Waals surface area contributed by atoms with Crippen molar-refractivity contribution in [3.63, 3.8) is 0 Å². The summed E-state index contributed by atoms with van der Waals surface area (Å²) in [7, 11) is 0. The molecule has 0 radical (unpaired) electrons. The molecule has 0 unspecified atom stereocenters. The van der Waals surface area contributed by atoms with Gasteiger partial charge in [-0.15, -0.1) is 0 Å². The van der Waals surface area contributed by atoms with Crippen molar-refractivity contribution in [3.05, 3.63) is 65.2 Å². The quantitative estimate of drug-likeness (QED) is 0.357. The van der Waals surface area contributed by atoms with Crippen molar-refractivity contribution in [2.45, 2.75) is 10.7 Å². The number of thioether (sulfide) groups is 1. The fraction of sp³-hybridized carbons (Fsp3) is 0.0588. The average Bonchev–Trinajstić information content (AvgIpc) is 2.57. The third-order valence-corrected chi connectivity index (χ3v) is 3.71. The molecule has 0 bridgehead atoms. The lowest BCUT2D eigenvalue weighted by Crippen LogP contribution is -2.13. The molecule has 0 saturated carbocycles. The Morgan fingerprint density at radius 2 is 1.84 bits per heavy atom. The third-order valence-electron chi connectivity index (χ3n) is 2.98. The van der Waals surface area contributed by atoms with Gasteiger partial charge in [0, 0.05) is 16.1 Å². The number of halogens is 4. The van der Waals surface area contributed by atoms with Crippen molar-refractivity contribution in [1.29, 1.82) is 5.26 Å². The van der Waals surface area contributed by atoms with Crippen molar-refractivity contribution in [1.82, 2.24) is 0 Å². The van der Waals surface area contributed by atoms with Crippen molar-refractivity contribution >= 4 is 29.4 Å². The molecule has 2 aromatic rings. The second-order valence-electron chi connectivity index (χ2n) is 4.67. The minimum absolute atomic E-state index is 0.240. The fourth-order valence-corrected chi connectivity index (χ4v) is 2.35. The van der Waals surface area contributed by atoms with Crippen LogP contribution in [0, 0.1) is 23.0 Å². The van der Waals surface area contributed by atoms with Crippen LogP contribution in [0.3, 0.4) is 0 Å². The van der Waals surface area contributed by atoms with E-state index in [9.17, 15) is 22.4 Å². The summed E-state index contributed by atoms with van der Waals surface area (Å²) >= 11 is 0.355. The summed E-state index contributed by atoms with van der Waals surface area (Å²) in [5.41, 5.74) is -0.407. The zero-order valence-electron chi connectivity index (χ0n) is 12.5. The second kappa shape index (κ2) is 8.35. The molecule has 1 N–H and O–H groups in total. The Morgan fingerprint density at radius 1 is 1.16 bits per heavy atom. The maximum Gasteiger partial charge on any atom is 0.288 e. The number of carbonyl (C=O) groups excluding carboxylic acids is 1. The Kier molecular flexibility index (Phi) is 6.19. The van der Waals surface area contributed by atoms with Gasteiger partial charge in [-0.1, -0.05) is 23.9 Å². The molecule has 3 nitrogen and oxygen atoms in total. The molecule has 0 aromatic heterocycles. The minimum atomic E-state index is -2.56. The molecule has 0 aliphatic carbocycles. The van der Waals surface area contributed by atoms with Crippen LogP contribution < -0.4 is 5.32 Å². The smallest absolute Gasteiger partial charge is 0.288 e. The van der Waals surface area contributed by atoms with Crippen LogP contribution in [0.1, 0.15) is 5.56 Å². The number of alkyl halides is 2. The molecule has 0 fully saturated rings. The molecule has 2 aromatic carbocycles. The van der Waals surface area contributed by atoms with Gasteiger partial charge >= 0.3 is 0 Å². The van der Waals surface area contributed by atoms with Gasteiger partial charge in [0.05, 0.1) is 0 Å². The zero-order valence-corrected chi connectivity index (χ0v) is 13.3. The number of hydrogen-bond donors (Lipinski definition) is 1. The molecule has 128 valence electrons. The van der Waals surface area contributed by atoms with Gasteiger partial charge in [0.1, 0.15) is 11.6 Å². The Labute approximate surface area is 145 Å². The van der Waals surface area contributed by atoms with E-state index in [4.69, 9.17) is 5.26 Å². The first-order valence-electron chi connectivity index (χ1n) is 6.82. The number of nitrogens with one attached hydrogen (secondary N) is 1. The topological polar surface area (TPSA) is 52.9 Å². The van der Waals surface area contributed by atoms with E-state index in [0.29, 0.717) is 16.7 Å². The Morgan fingerprint density at radius 3 is 2.44 bits per heavy atom. The van der Waals surface area contributed by atoms with Crippen LogP contribution >= 0.6 is 11.8 Å². The highest BCUT2D eigenvalue weighted by molar-refractivity contribution is 7.99. The van der Waals surface area contributed by atoms with Crippen molar-refractivity contribution in [2.24, 2.45) is 0 Å². The lowest BCUT2D eigenvalue weighted by molar-refractivity contribution is -0.112. The Hall–Kier alpha value is -2.79. The van der Waals surface area contributed by atoms with E-state index in [1.165, 1.54) is 36.4 Å². The van der Waals surface area contributed by atoms with Gasteiger partial charge in [-0.3, -0.25) is 4.79 Å². The molecule has 25 heavy (non-hydrogen) atoms. The second-order valence-corrected chi connectivity index (χ2v) is 5.73. The van der Waals surface area contributed by atoms with E-state index in [0.717, 1.165) is 12.1 Å². The highest BCUT2D eigenvalue weighted by Gasteiger charge is 2.13. The van der Waals surface area contributed by atoms with Crippen molar-refractivity contribution in [3.8, 4) is 6.07 Å². The summed E-state index contributed by atoms with van der Waals surface area (Å²) in [5.74, 6) is -5.66. The molecule has 0 saturated heterocycles. The fourth-order valence-electron chi connectivity index (χ4n) is 1.85. The summed E-state index contributed by atoms with van der Waals surface area (Å²) in [5, 5.41) is 11.4. The lowest BCUT2D eigenvalue weighted by atomic mass is 10.1. The number of amides is 1. The standard InChI is InChI=1S/C17H10F4N2OS/c18-14-3-1-2-10(15(14)19)8-11(9-22)16(24)23-12-4-6-13(7-5-12)25-17(20)21/h1-8,17H,(H,23,24)/b11-8+. The number of anilines is 1. The predicted molar refractivity (Wildman–Crippen MR) is 86.9 cm³/mol. The number of nitrogens with zero attached hydrogens (tertiary/aromatic N) is 1. The molecule has 0 aliphatic heterocycles. The number of benzene rings is 2. The van der Waals surface area contributed by atoms with E-state index in [1.54, 1.807) is 6.07 Å². The Bertz CT molecular complexity index is 845. The first-order valence-corrected chi connectivity index (χ1v) is 7.70. The van der Waals surface area contributed by atoms with Crippen molar-refractivity contribution in [2.75, 3.05) is 5.32 Å². The van der Waals surface area contributed by atoms with Crippen molar-refractivity contribution < 1.29 is 22.4 Å². The SMILES string of the molecule is N#C/C(=C\c1cccc(F)c1F)C(=O)Nc1ccc(SC(F)F)cc1. The summed E-state index contributed by atoms with van der Waals surface area (Å²) < 4.78 is 51.3. The van der Waals surface area contributed by atoms with E-state index in [1.807, 2.05) is 0 Å². The van der Waals surface area contributed by atoms with E-state index in [-0.39, 0.29) is 11.3 Å². The van der Waals surface area contributed by atoms with Crippen LogP contribution in [0.4, 0.5) is 23.2 Å². The highest BCUT2D eigenvalue weighted by atomic mass is 32.2. The first-order chi connectivity index (χ1) is 11.9. The molecule has 8 heteroatoms. The van der Waals surface area contributed by atoms with Gasteiger partial charge in [-0.2, -0.15) is 14.0 Å². The largest absolute Gasteiger partial charge is 0.321 e. The van der Waals surface area contributed by atoms with E-state index >= 15 is 0 Å². The van der Waals surface area contributed by atoms with Gasteiger partial charge in [-0.05, 0) is 36.4 Å². The molecule has 2 rings (SSSR count). The minimum Gasteiger partial charge on any atom is -0.321 e. The number of carbonyl (C=O) groups is 1. The van der Waals surface area contributed by atoms with Crippen LogP contribution in [0.2, 0.25) is 0 Å². The van der Waals surface area contributed by atoms with Crippen LogP contribution in [0.25, 0.3) is 6.08 Å². The number of nitriles is 1. The number of hydrogen-bond acceptors (Lipinski definition) is 3. The molecular weight excluding hydrogens is 356 g/mol. The molecule has 0 spiro atoms. The molecular formula is C17H10F4N2OS. The van der Waals surface area contributed by atoms with E-state index in [2.05, 4.69) is 5.32 Å². The summed E-state index contributed by atoms with van der Waals surface area (Å²) in [6.07, 6.45) is 0.925. The maximum atomic E-state index is 13.6. The van der Waals surface area contributed by atoms with E-state index < -0.39 is 28.9 Å². The van der Waals surface area contributed by atoms with Gasteiger partial charge in [0.2, 0.25) is 0 Å². The summed E-state index contributed by atoms with van der Waals surface area (Å²) in [4.78, 5) is 12.4. The van der Waals surface area contributed by atoms with Gasteiger partial charge in [-0.25, -0.2) is 8.78 Å². The zero-order chi connectivity index (χ0) is 18.4. The van der Waals surface area contributed by atoms with Crippen LogP contribution in [0.15, 0.2) is 52.9 Å². The molecule has 0 aliphatic rings. The molecule has 0 atom stereocenters. The number of rotatable bonds is 5. The third kappa shape index (κ3) is 5.09. The molecule has 1 amide bonds. The first kappa shape index (κ1) is 18.5. The highest BCUT2D eigenvalue weighted by Crippen LogP contribution is 2.26. The monoisotopic (exact) mass is 366 g/mol. The van der Waals surface area contributed by atoms with Gasteiger partial charge in [0.25, 0.3) is 11.7 Å². The van der Waals surface area contributed by atoms with Gasteiger partial charge < -0.3 is 5.32 Å². The van der Waals surface area contributed by atoms with Crippen LogP contribution in [-0.2, 0) is 4.79 Å². The average molecular weight is 366 g/mol. The predicted octanol–water partition coefficient (Wildman–Crippen LogP) is 4.83. The Balaban J connectivity index is 2.16. The normalized spacial score (nSPS) is 11.3. The van der Waals surface area contributed by atoms with Crippen LogP contribution in [-0.4, -0.2) is 11.7 Å². The summed E-state index contributed by atoms with van der Waals surface area (Å²) in [6, 6.07) is 10.5.